The van der Waals surface area contributed by atoms with Gasteiger partial charge in [0.1, 0.15) is 6.04 Å². The van der Waals surface area contributed by atoms with Crippen LogP contribution in [0.4, 0.5) is 0 Å². The van der Waals surface area contributed by atoms with Crippen LogP contribution in [0.2, 0.25) is 0 Å². The Morgan fingerprint density at radius 1 is 0.929 bits per heavy atom. The lowest BCUT2D eigenvalue weighted by molar-refractivity contribution is -0.150. The van der Waals surface area contributed by atoms with Gasteiger partial charge in [0.25, 0.3) is 0 Å². The lowest BCUT2D eigenvalue weighted by Gasteiger charge is -2.28. The SMILES string of the molecule is CCCCCCCCCCCC(=O)N(CC)[C@@H](CCCN=C(N)N)C(=O)O.Cl. The summed E-state index contributed by atoms with van der Waals surface area (Å²) < 4.78 is 0. The second-order valence-corrected chi connectivity index (χ2v) is 7.06. The normalized spacial score (nSPS) is 11.4. The molecular weight excluding hydrogens is 380 g/mol. The van der Waals surface area contributed by atoms with E-state index >= 15 is 0 Å². The Kier molecular flexibility index (Phi) is 19.3. The maximum atomic E-state index is 12.5. The van der Waals surface area contributed by atoms with E-state index in [9.17, 15) is 14.7 Å². The molecule has 1 amide bonds. The van der Waals surface area contributed by atoms with E-state index in [1.54, 1.807) is 0 Å². The fourth-order valence-electron chi connectivity index (χ4n) is 3.21. The molecule has 0 aromatic heterocycles. The summed E-state index contributed by atoms with van der Waals surface area (Å²) >= 11 is 0. The van der Waals surface area contributed by atoms with Crippen LogP contribution in [0.3, 0.4) is 0 Å². The molecule has 0 bridgehead atoms. The minimum absolute atomic E-state index is 0. The highest BCUT2D eigenvalue weighted by Gasteiger charge is 2.27. The minimum atomic E-state index is -0.970. The monoisotopic (exact) mass is 420 g/mol. The summed E-state index contributed by atoms with van der Waals surface area (Å²) in [5, 5.41) is 9.48. The highest BCUT2D eigenvalue weighted by Crippen LogP contribution is 2.14. The first-order valence-corrected chi connectivity index (χ1v) is 10.5. The van der Waals surface area contributed by atoms with Gasteiger partial charge in [-0.25, -0.2) is 4.79 Å². The fourth-order valence-corrected chi connectivity index (χ4v) is 3.21. The second kappa shape index (κ2) is 18.8. The first-order chi connectivity index (χ1) is 12.9. The largest absolute Gasteiger partial charge is 0.480 e. The average molecular weight is 421 g/mol. The van der Waals surface area contributed by atoms with Crippen molar-refractivity contribution in [1.29, 1.82) is 0 Å². The highest BCUT2D eigenvalue weighted by atomic mass is 35.5. The smallest absolute Gasteiger partial charge is 0.326 e. The van der Waals surface area contributed by atoms with Gasteiger partial charge in [-0.15, -0.1) is 12.4 Å². The molecule has 0 aliphatic carbocycles. The van der Waals surface area contributed by atoms with Gasteiger partial charge in [-0.3, -0.25) is 9.79 Å². The van der Waals surface area contributed by atoms with E-state index in [0.717, 1.165) is 19.3 Å². The van der Waals surface area contributed by atoms with Crippen molar-refractivity contribution in [2.24, 2.45) is 16.5 Å². The number of guanidine groups is 1. The second-order valence-electron chi connectivity index (χ2n) is 7.06. The zero-order valence-electron chi connectivity index (χ0n) is 17.7. The Balaban J connectivity index is 0. The van der Waals surface area contributed by atoms with Gasteiger partial charge in [-0.1, -0.05) is 58.3 Å². The Morgan fingerprint density at radius 3 is 1.93 bits per heavy atom. The van der Waals surface area contributed by atoms with Crippen LogP contribution in [0.5, 0.6) is 0 Å². The molecule has 0 rings (SSSR count). The molecule has 166 valence electrons. The maximum Gasteiger partial charge on any atom is 0.326 e. The number of amides is 1. The van der Waals surface area contributed by atoms with Gasteiger partial charge < -0.3 is 21.5 Å². The number of aliphatic imine (C=N–C) groups is 1. The molecule has 0 aliphatic heterocycles. The number of nitrogens with two attached hydrogens (primary N) is 2. The third-order valence-corrected chi connectivity index (χ3v) is 4.75. The summed E-state index contributed by atoms with van der Waals surface area (Å²) in [5.41, 5.74) is 10.5. The van der Waals surface area contributed by atoms with Crippen molar-refractivity contribution in [2.75, 3.05) is 13.1 Å². The summed E-state index contributed by atoms with van der Waals surface area (Å²) in [7, 11) is 0. The van der Waals surface area contributed by atoms with E-state index in [2.05, 4.69) is 11.9 Å². The van der Waals surface area contributed by atoms with Gasteiger partial charge >= 0.3 is 5.97 Å². The molecule has 0 spiro atoms. The minimum Gasteiger partial charge on any atom is -0.480 e. The fraction of sp³-hybridized carbons (Fsp3) is 0.850. The number of rotatable bonds is 17. The summed E-state index contributed by atoms with van der Waals surface area (Å²) in [4.78, 5) is 29.4. The van der Waals surface area contributed by atoms with E-state index in [4.69, 9.17) is 11.5 Å². The molecule has 0 heterocycles. The van der Waals surface area contributed by atoms with Crippen molar-refractivity contribution in [2.45, 2.75) is 96.9 Å². The van der Waals surface area contributed by atoms with Crippen LogP contribution in [0.15, 0.2) is 4.99 Å². The number of aliphatic carboxylic acids is 1. The quantitative estimate of drug-likeness (QED) is 0.188. The molecule has 0 fully saturated rings. The van der Waals surface area contributed by atoms with Crippen LogP contribution in [-0.2, 0) is 9.59 Å². The Labute approximate surface area is 176 Å². The predicted octanol–water partition coefficient (Wildman–Crippen LogP) is 3.68. The number of halogens is 1. The molecule has 0 aromatic carbocycles. The molecule has 0 unspecified atom stereocenters. The lowest BCUT2D eigenvalue weighted by Crippen LogP contribution is -2.45. The number of unbranched alkanes of at least 4 members (excludes halogenated alkanes) is 8. The summed E-state index contributed by atoms with van der Waals surface area (Å²) in [6, 6.07) is -0.810. The number of nitrogens with zero attached hydrogens (tertiary/aromatic N) is 2. The van der Waals surface area contributed by atoms with Gasteiger partial charge in [-0.2, -0.15) is 0 Å². The molecule has 28 heavy (non-hydrogen) atoms. The van der Waals surface area contributed by atoms with Gasteiger partial charge in [0.05, 0.1) is 0 Å². The molecule has 5 N–H and O–H groups in total. The Bertz CT molecular complexity index is 443. The van der Waals surface area contributed by atoms with Crippen LogP contribution in [-0.4, -0.2) is 47.0 Å². The maximum absolute atomic E-state index is 12.5. The molecule has 0 radical (unpaired) electrons. The predicted molar refractivity (Wildman–Crippen MR) is 118 cm³/mol. The standard InChI is InChI=1S/C20H40N4O3.ClH/c1-3-5-6-7-8-9-10-11-12-15-18(25)24(4-2)17(19(26)27)14-13-16-23-20(21)22;/h17H,3-16H2,1-2H3,(H,26,27)(H4,21,22,23);1H/t17-;/m0./s1. The van der Waals surface area contributed by atoms with E-state index in [1.807, 2.05) is 6.92 Å². The molecule has 8 heteroatoms. The molecule has 0 aromatic rings. The number of carbonyl (C=O) groups excluding carboxylic acids is 1. The van der Waals surface area contributed by atoms with E-state index in [0.29, 0.717) is 32.4 Å². The number of likely N-dealkylation sites (N-methyl/N-ethyl adjacent to an activating group) is 1. The third kappa shape index (κ3) is 14.5. The van der Waals surface area contributed by atoms with Crippen molar-refractivity contribution in [1.82, 2.24) is 4.90 Å². The van der Waals surface area contributed by atoms with E-state index in [1.165, 1.54) is 43.4 Å². The molecule has 0 saturated heterocycles. The van der Waals surface area contributed by atoms with Crippen molar-refractivity contribution >= 4 is 30.2 Å². The Hall–Kier alpha value is -1.50. The van der Waals surface area contributed by atoms with Crippen molar-refractivity contribution in [3.05, 3.63) is 0 Å². The summed E-state index contributed by atoms with van der Waals surface area (Å²) in [6.45, 7) is 4.81. The van der Waals surface area contributed by atoms with Crippen molar-refractivity contribution < 1.29 is 14.7 Å². The van der Waals surface area contributed by atoms with Crippen molar-refractivity contribution in [3.63, 3.8) is 0 Å². The van der Waals surface area contributed by atoms with Crippen LogP contribution in [0.1, 0.15) is 90.9 Å². The van der Waals surface area contributed by atoms with Gasteiger partial charge in [0.15, 0.2) is 5.96 Å². The molecule has 1 atom stereocenters. The first kappa shape index (κ1) is 28.7. The van der Waals surface area contributed by atoms with Crippen molar-refractivity contribution in [3.8, 4) is 0 Å². The molecule has 0 saturated carbocycles. The number of carboxylic acids is 1. The number of hydrogen-bond donors (Lipinski definition) is 3. The third-order valence-electron chi connectivity index (χ3n) is 4.75. The number of carboxylic acid groups (broad SMARTS) is 1. The molecule has 7 nitrogen and oxygen atoms in total. The lowest BCUT2D eigenvalue weighted by atomic mass is 10.1. The highest BCUT2D eigenvalue weighted by molar-refractivity contribution is 5.85. The summed E-state index contributed by atoms with van der Waals surface area (Å²) in [5.74, 6) is -1.05. The van der Waals surface area contributed by atoms with Crippen LogP contribution < -0.4 is 11.5 Å². The topological polar surface area (TPSA) is 122 Å². The van der Waals surface area contributed by atoms with E-state index < -0.39 is 12.0 Å². The van der Waals surface area contributed by atoms with Gasteiger partial charge in [0.2, 0.25) is 5.91 Å². The van der Waals surface area contributed by atoms with E-state index in [-0.39, 0.29) is 24.3 Å². The Morgan fingerprint density at radius 2 is 1.46 bits per heavy atom. The van der Waals surface area contributed by atoms with Gasteiger partial charge in [0, 0.05) is 19.5 Å². The molecular formula is C20H41ClN4O3. The number of carbonyl (C=O) groups is 2. The molecule has 0 aliphatic rings. The zero-order chi connectivity index (χ0) is 20.5. The average Bonchev–Trinajstić information content (AvgIpc) is 2.62. The van der Waals surface area contributed by atoms with Gasteiger partial charge in [-0.05, 0) is 26.2 Å². The summed E-state index contributed by atoms with van der Waals surface area (Å²) in [6.07, 6.45) is 12.0. The van der Waals surface area contributed by atoms with Crippen LogP contribution in [0.25, 0.3) is 0 Å². The number of hydrogen-bond acceptors (Lipinski definition) is 3. The first-order valence-electron chi connectivity index (χ1n) is 10.5. The van der Waals surface area contributed by atoms with Crippen LogP contribution >= 0.6 is 12.4 Å². The zero-order valence-corrected chi connectivity index (χ0v) is 18.5. The van der Waals surface area contributed by atoms with Crippen LogP contribution in [0, 0.1) is 0 Å².